The molecule has 7 heteroatoms. The van der Waals surface area contributed by atoms with E-state index in [9.17, 15) is 0 Å². The third kappa shape index (κ3) is 8.70. The van der Waals surface area contributed by atoms with Crippen molar-refractivity contribution in [3.63, 3.8) is 0 Å². The minimum Gasteiger partial charge on any atom is -0.748 e. The Bertz CT molecular complexity index is 593. The minimum atomic E-state index is -3.92. The molecule has 1 saturated heterocycles. The molecule has 0 aromatic heterocycles. The van der Waals surface area contributed by atoms with Crippen molar-refractivity contribution in [1.29, 1.82) is 0 Å². The zero-order chi connectivity index (χ0) is 16.5. The van der Waals surface area contributed by atoms with Gasteiger partial charge in [-0.25, -0.2) is 8.42 Å². The Balaban J connectivity index is 0.000000422. The van der Waals surface area contributed by atoms with Crippen LogP contribution in [0.5, 0.6) is 0 Å². The lowest BCUT2D eigenvalue weighted by Crippen LogP contribution is -2.54. The van der Waals surface area contributed by atoms with Gasteiger partial charge in [-0.05, 0) is 9.85 Å². The summed E-state index contributed by atoms with van der Waals surface area (Å²) in [6.07, 6.45) is 0.604. The van der Waals surface area contributed by atoms with E-state index >= 15 is 0 Å². The van der Waals surface area contributed by atoms with E-state index in [0.29, 0.717) is 6.26 Å². The maximum Gasteiger partial charge on any atom is 0.142 e. The van der Waals surface area contributed by atoms with Gasteiger partial charge in [0.05, 0.1) is 23.3 Å². The fourth-order valence-electron chi connectivity index (χ4n) is 2.27. The minimum absolute atomic E-state index is 0.604. The summed E-state index contributed by atoms with van der Waals surface area (Å²) in [5.41, 5.74) is 1.39. The fraction of sp³-hybridized carbons (Fsp3) is 0.467. The normalized spacial score (nSPS) is 16.7. The molecule has 0 bridgehead atoms. The summed E-state index contributed by atoms with van der Waals surface area (Å²) in [5.74, 6) is 3.23. The Morgan fingerprint density at radius 3 is 2.32 bits per heavy atom. The highest BCUT2D eigenvalue weighted by atomic mass is 127. The highest BCUT2D eigenvalue weighted by Crippen LogP contribution is 2.17. The van der Waals surface area contributed by atoms with Crippen LogP contribution < -0.4 is 0 Å². The van der Waals surface area contributed by atoms with E-state index in [4.69, 9.17) is 17.7 Å². The van der Waals surface area contributed by atoms with Crippen molar-refractivity contribution in [3.8, 4) is 9.85 Å². The topological polar surface area (TPSA) is 66.4 Å². The zero-order valence-electron chi connectivity index (χ0n) is 12.5. The first-order valence-corrected chi connectivity index (χ1v) is 9.70. The van der Waals surface area contributed by atoms with Crippen LogP contribution in [0.1, 0.15) is 5.56 Å². The highest BCUT2D eigenvalue weighted by Gasteiger charge is 2.29. The van der Waals surface area contributed by atoms with E-state index in [0.717, 1.165) is 43.9 Å². The Morgan fingerprint density at radius 1 is 1.27 bits per heavy atom. The molecule has 2 rings (SSSR count). The van der Waals surface area contributed by atoms with Crippen molar-refractivity contribution >= 4 is 32.7 Å². The Kier molecular flexibility index (Phi) is 8.35. The number of quaternary nitrogens is 1. The molecule has 1 aromatic carbocycles. The number of rotatable bonds is 3. The van der Waals surface area contributed by atoms with Gasteiger partial charge in [0, 0.05) is 34.4 Å². The molecular weight excluding hydrogens is 417 g/mol. The first-order valence-electron chi connectivity index (χ1n) is 6.81. The van der Waals surface area contributed by atoms with Crippen LogP contribution in [0.2, 0.25) is 0 Å². The van der Waals surface area contributed by atoms with Gasteiger partial charge < -0.3 is 13.8 Å². The van der Waals surface area contributed by atoms with E-state index in [2.05, 4.69) is 62.8 Å². The molecule has 122 valence electrons. The van der Waals surface area contributed by atoms with Crippen molar-refractivity contribution in [3.05, 3.63) is 35.9 Å². The van der Waals surface area contributed by atoms with Crippen LogP contribution in [-0.2, 0) is 21.4 Å². The molecule has 1 aliphatic heterocycles. The van der Waals surface area contributed by atoms with Crippen LogP contribution in [0.3, 0.4) is 0 Å². The van der Waals surface area contributed by atoms with Gasteiger partial charge in [-0.3, -0.25) is 0 Å². The maximum absolute atomic E-state index is 9.08. The SMILES string of the molecule is CS(=O)(=O)[O-].IC#CC[N+]1(Cc2ccccc2)CCOCC1. The average Bonchev–Trinajstić information content (AvgIpc) is 2.46. The smallest absolute Gasteiger partial charge is 0.142 e. The van der Waals surface area contributed by atoms with E-state index < -0.39 is 10.1 Å². The average molecular weight is 437 g/mol. The second-order valence-electron chi connectivity index (χ2n) is 5.18. The summed E-state index contributed by atoms with van der Waals surface area (Å²) in [4.78, 5) is 0. The summed E-state index contributed by atoms with van der Waals surface area (Å²) in [5, 5.41) is 0. The summed E-state index contributed by atoms with van der Waals surface area (Å²) < 4.78 is 36.7. The first-order chi connectivity index (χ1) is 10.3. The number of ether oxygens (including phenoxy) is 1. The molecule has 1 heterocycles. The second-order valence-corrected chi connectivity index (χ2v) is 7.13. The molecule has 22 heavy (non-hydrogen) atoms. The Hall–Kier alpha value is -0.660. The fourth-order valence-corrected chi connectivity index (χ4v) is 2.44. The van der Waals surface area contributed by atoms with Crippen molar-refractivity contribution < 1.29 is 22.2 Å². The molecule has 0 amide bonds. The van der Waals surface area contributed by atoms with Crippen LogP contribution in [0.4, 0.5) is 0 Å². The monoisotopic (exact) mass is 437 g/mol. The molecule has 1 aliphatic rings. The van der Waals surface area contributed by atoms with E-state index in [-0.39, 0.29) is 0 Å². The van der Waals surface area contributed by atoms with Gasteiger partial charge in [0.15, 0.2) is 0 Å². The molecule has 0 saturated carbocycles. The quantitative estimate of drug-likeness (QED) is 0.312. The van der Waals surface area contributed by atoms with Gasteiger partial charge in [0.25, 0.3) is 0 Å². The van der Waals surface area contributed by atoms with Crippen molar-refractivity contribution in [2.24, 2.45) is 0 Å². The van der Waals surface area contributed by atoms with Crippen molar-refractivity contribution in [2.45, 2.75) is 6.54 Å². The number of morpholine rings is 1. The van der Waals surface area contributed by atoms with Gasteiger partial charge >= 0.3 is 0 Å². The first kappa shape index (κ1) is 19.4. The standard InChI is InChI=1S/C14H17INO.CH4O3S/c15-7-4-8-16(9-11-17-12-10-16)13-14-5-2-1-3-6-14;1-5(2,3)4/h1-3,5-6H,8-13H2;1H3,(H,2,3,4)/q+1;/p-1. The molecule has 1 aromatic rings. The van der Waals surface area contributed by atoms with Crippen LogP contribution in [0.15, 0.2) is 30.3 Å². The molecule has 5 nitrogen and oxygen atoms in total. The molecule has 0 aliphatic carbocycles. The molecule has 0 unspecified atom stereocenters. The molecule has 0 radical (unpaired) electrons. The molecule has 1 fully saturated rings. The zero-order valence-corrected chi connectivity index (χ0v) is 15.5. The molecule has 0 atom stereocenters. The van der Waals surface area contributed by atoms with Crippen molar-refractivity contribution in [2.75, 3.05) is 39.1 Å². The summed E-state index contributed by atoms with van der Waals surface area (Å²) in [6, 6.07) is 10.7. The number of nitrogens with zero attached hydrogens (tertiary/aromatic N) is 1. The van der Waals surface area contributed by atoms with Crippen molar-refractivity contribution in [1.82, 2.24) is 0 Å². The number of halogens is 1. The molecule has 0 N–H and O–H groups in total. The third-order valence-corrected chi connectivity index (χ3v) is 3.64. The van der Waals surface area contributed by atoms with Crippen LogP contribution in [0.25, 0.3) is 0 Å². The lowest BCUT2D eigenvalue weighted by molar-refractivity contribution is -0.941. The van der Waals surface area contributed by atoms with Gasteiger partial charge in [-0.1, -0.05) is 30.3 Å². The number of hydrogen-bond donors (Lipinski definition) is 0. The number of benzene rings is 1. The second kappa shape index (κ2) is 9.47. The highest BCUT2D eigenvalue weighted by molar-refractivity contribution is 14.1. The predicted molar refractivity (Wildman–Crippen MR) is 93.2 cm³/mol. The summed E-state index contributed by atoms with van der Waals surface area (Å²) in [6.45, 7) is 5.85. The largest absolute Gasteiger partial charge is 0.748 e. The maximum atomic E-state index is 9.08. The Morgan fingerprint density at radius 2 is 1.82 bits per heavy atom. The van der Waals surface area contributed by atoms with Crippen LogP contribution >= 0.6 is 22.6 Å². The predicted octanol–water partition coefficient (Wildman–Crippen LogP) is 1.59. The third-order valence-electron chi connectivity index (χ3n) is 3.26. The van der Waals surface area contributed by atoms with Gasteiger partial charge in [-0.15, -0.1) is 0 Å². The molecule has 0 spiro atoms. The van der Waals surface area contributed by atoms with Crippen LogP contribution in [0, 0.1) is 9.85 Å². The summed E-state index contributed by atoms with van der Waals surface area (Å²) in [7, 11) is -3.92. The lowest BCUT2D eigenvalue weighted by atomic mass is 10.1. The van der Waals surface area contributed by atoms with E-state index in [1.165, 1.54) is 5.56 Å². The van der Waals surface area contributed by atoms with Gasteiger partial charge in [-0.2, -0.15) is 0 Å². The van der Waals surface area contributed by atoms with Gasteiger partial charge in [0.2, 0.25) is 0 Å². The Labute approximate surface area is 146 Å². The van der Waals surface area contributed by atoms with E-state index in [1.807, 2.05) is 0 Å². The van der Waals surface area contributed by atoms with E-state index in [1.54, 1.807) is 0 Å². The molecular formula is C15H20INO4S. The van der Waals surface area contributed by atoms with Crippen LogP contribution in [-0.4, -0.2) is 56.6 Å². The van der Waals surface area contributed by atoms with Gasteiger partial charge in [0.1, 0.15) is 26.2 Å². The number of hydrogen-bond acceptors (Lipinski definition) is 4. The summed E-state index contributed by atoms with van der Waals surface area (Å²) >= 11 is 2.12. The lowest BCUT2D eigenvalue weighted by Gasteiger charge is -2.39.